The van der Waals surface area contributed by atoms with Crippen molar-refractivity contribution in [1.29, 1.82) is 0 Å². The van der Waals surface area contributed by atoms with E-state index in [0.29, 0.717) is 17.8 Å². The maximum absolute atomic E-state index is 12.5. The molecule has 4 nitrogen and oxygen atoms in total. The molecule has 0 N–H and O–H groups in total. The summed E-state index contributed by atoms with van der Waals surface area (Å²) in [6, 6.07) is 13.7. The lowest BCUT2D eigenvalue weighted by atomic mass is 10.0. The summed E-state index contributed by atoms with van der Waals surface area (Å²) in [6.07, 6.45) is 2.45. The third kappa shape index (κ3) is 2.20. The second kappa shape index (κ2) is 5.25. The van der Waals surface area contributed by atoms with Crippen LogP contribution in [-0.4, -0.2) is 20.8 Å². The van der Waals surface area contributed by atoms with Gasteiger partial charge in [-0.25, -0.2) is 4.68 Å². The zero-order valence-corrected chi connectivity index (χ0v) is 11.3. The van der Waals surface area contributed by atoms with Gasteiger partial charge in [-0.15, -0.1) is 5.10 Å². The molecule has 20 heavy (non-hydrogen) atoms. The first-order valence-electron chi connectivity index (χ1n) is 6.71. The van der Waals surface area contributed by atoms with Crippen LogP contribution in [0.15, 0.2) is 48.7 Å². The van der Waals surface area contributed by atoms with Gasteiger partial charge in [0.1, 0.15) is 5.69 Å². The highest BCUT2D eigenvalue weighted by Gasteiger charge is 2.15. The highest BCUT2D eigenvalue weighted by Crippen LogP contribution is 2.18. The molecular weight excluding hydrogens is 250 g/mol. The van der Waals surface area contributed by atoms with Crippen LogP contribution in [0.3, 0.4) is 0 Å². The number of hydrogen-bond acceptors (Lipinski definition) is 3. The number of carbonyl (C=O) groups is 1. The zero-order valence-electron chi connectivity index (χ0n) is 11.3. The van der Waals surface area contributed by atoms with Gasteiger partial charge in [0.05, 0.1) is 6.20 Å². The van der Waals surface area contributed by atoms with Crippen molar-refractivity contribution in [2.45, 2.75) is 19.9 Å². The lowest BCUT2D eigenvalue weighted by Crippen LogP contribution is -2.11. The number of nitrogens with zero attached hydrogens (tertiary/aromatic N) is 3. The average molecular weight is 265 g/mol. The molecule has 0 atom stereocenters. The molecule has 1 heterocycles. The number of ketones is 1. The quantitative estimate of drug-likeness (QED) is 0.681. The lowest BCUT2D eigenvalue weighted by Gasteiger charge is -2.05. The van der Waals surface area contributed by atoms with Gasteiger partial charge >= 0.3 is 0 Å². The molecule has 1 aromatic heterocycles. The molecule has 3 rings (SSSR count). The molecule has 0 aliphatic carbocycles. The Bertz CT molecular complexity index is 761. The van der Waals surface area contributed by atoms with Crippen LogP contribution in [0.4, 0.5) is 0 Å². The predicted molar refractivity (Wildman–Crippen MR) is 77.7 cm³/mol. The zero-order chi connectivity index (χ0) is 13.9. The van der Waals surface area contributed by atoms with Gasteiger partial charge in [0.25, 0.3) is 0 Å². The SMILES string of the molecule is CCCn1nncc1C(=O)c1ccc2ccccc2c1. The standard InChI is InChI=1S/C16H15N3O/c1-2-9-19-15(11-17-18-19)16(20)14-8-7-12-5-3-4-6-13(12)10-14/h3-8,10-11H,2,9H2,1H3. The molecule has 0 bridgehead atoms. The Morgan fingerprint density at radius 1 is 1.15 bits per heavy atom. The third-order valence-corrected chi connectivity index (χ3v) is 3.30. The Labute approximate surface area is 117 Å². The van der Waals surface area contributed by atoms with E-state index < -0.39 is 0 Å². The van der Waals surface area contributed by atoms with E-state index >= 15 is 0 Å². The molecule has 0 saturated heterocycles. The van der Waals surface area contributed by atoms with Crippen molar-refractivity contribution in [2.75, 3.05) is 0 Å². The van der Waals surface area contributed by atoms with Crippen molar-refractivity contribution in [3.8, 4) is 0 Å². The third-order valence-electron chi connectivity index (χ3n) is 3.30. The minimum absolute atomic E-state index is 0.0331. The van der Waals surface area contributed by atoms with Gasteiger partial charge in [0, 0.05) is 12.1 Å². The molecule has 2 aromatic carbocycles. The molecule has 3 aromatic rings. The molecule has 4 heteroatoms. The monoisotopic (exact) mass is 265 g/mol. The average Bonchev–Trinajstić information content (AvgIpc) is 2.94. The molecule has 0 saturated carbocycles. The van der Waals surface area contributed by atoms with Crippen LogP contribution in [0, 0.1) is 0 Å². The minimum atomic E-state index is -0.0331. The summed E-state index contributed by atoms with van der Waals surface area (Å²) in [7, 11) is 0. The summed E-state index contributed by atoms with van der Waals surface area (Å²) < 4.78 is 1.66. The van der Waals surface area contributed by atoms with Gasteiger partial charge < -0.3 is 0 Å². The highest BCUT2D eigenvalue weighted by molar-refractivity contribution is 6.09. The number of aryl methyl sites for hydroxylation is 1. The number of benzene rings is 2. The molecule has 0 fully saturated rings. The summed E-state index contributed by atoms with van der Waals surface area (Å²) in [6.45, 7) is 2.75. The largest absolute Gasteiger partial charge is 0.287 e. The molecule has 0 unspecified atom stereocenters. The van der Waals surface area contributed by atoms with Crippen molar-refractivity contribution in [3.63, 3.8) is 0 Å². The van der Waals surface area contributed by atoms with E-state index in [-0.39, 0.29) is 5.78 Å². The van der Waals surface area contributed by atoms with Crippen LogP contribution in [0.25, 0.3) is 10.8 Å². The maximum Gasteiger partial charge on any atom is 0.212 e. The normalized spacial score (nSPS) is 10.8. The van der Waals surface area contributed by atoms with Crippen LogP contribution in [0.5, 0.6) is 0 Å². The van der Waals surface area contributed by atoms with E-state index in [1.54, 1.807) is 4.68 Å². The highest BCUT2D eigenvalue weighted by atomic mass is 16.1. The van der Waals surface area contributed by atoms with Crippen LogP contribution in [0.2, 0.25) is 0 Å². The van der Waals surface area contributed by atoms with Crippen LogP contribution in [0.1, 0.15) is 29.4 Å². The van der Waals surface area contributed by atoms with Gasteiger partial charge in [-0.1, -0.05) is 48.5 Å². The Kier molecular flexibility index (Phi) is 3.29. The summed E-state index contributed by atoms with van der Waals surface area (Å²) >= 11 is 0. The molecular formula is C16H15N3O. The molecule has 0 aliphatic heterocycles. The number of hydrogen-bond donors (Lipinski definition) is 0. The maximum atomic E-state index is 12.5. The van der Waals surface area contributed by atoms with E-state index in [9.17, 15) is 4.79 Å². The smallest absolute Gasteiger partial charge is 0.212 e. The Hall–Kier alpha value is -2.49. The molecule has 0 radical (unpaired) electrons. The minimum Gasteiger partial charge on any atom is -0.287 e. The van der Waals surface area contributed by atoms with Gasteiger partial charge in [-0.2, -0.15) is 0 Å². The Morgan fingerprint density at radius 2 is 1.95 bits per heavy atom. The van der Waals surface area contributed by atoms with Gasteiger partial charge in [0.15, 0.2) is 0 Å². The van der Waals surface area contributed by atoms with Gasteiger partial charge in [-0.05, 0) is 23.3 Å². The Morgan fingerprint density at radius 3 is 2.75 bits per heavy atom. The van der Waals surface area contributed by atoms with E-state index in [0.717, 1.165) is 17.2 Å². The summed E-state index contributed by atoms with van der Waals surface area (Å²) in [5.41, 5.74) is 1.21. The summed E-state index contributed by atoms with van der Waals surface area (Å²) in [5.74, 6) is -0.0331. The van der Waals surface area contributed by atoms with E-state index in [2.05, 4.69) is 10.3 Å². The van der Waals surface area contributed by atoms with Gasteiger partial charge in [-0.3, -0.25) is 4.79 Å². The van der Waals surface area contributed by atoms with Crippen molar-refractivity contribution in [3.05, 3.63) is 59.9 Å². The van der Waals surface area contributed by atoms with Crippen LogP contribution >= 0.6 is 0 Å². The Balaban J connectivity index is 2.01. The van der Waals surface area contributed by atoms with Crippen molar-refractivity contribution >= 4 is 16.6 Å². The van der Waals surface area contributed by atoms with E-state index in [1.165, 1.54) is 6.20 Å². The number of rotatable bonds is 4. The first-order valence-corrected chi connectivity index (χ1v) is 6.71. The van der Waals surface area contributed by atoms with Crippen molar-refractivity contribution in [2.24, 2.45) is 0 Å². The fourth-order valence-electron chi connectivity index (χ4n) is 2.29. The van der Waals surface area contributed by atoms with Crippen LogP contribution < -0.4 is 0 Å². The topological polar surface area (TPSA) is 47.8 Å². The summed E-state index contributed by atoms with van der Waals surface area (Å²) in [5, 5.41) is 9.99. The number of carbonyl (C=O) groups excluding carboxylic acids is 1. The molecule has 100 valence electrons. The van der Waals surface area contributed by atoms with Crippen molar-refractivity contribution in [1.82, 2.24) is 15.0 Å². The van der Waals surface area contributed by atoms with Gasteiger partial charge in [0.2, 0.25) is 5.78 Å². The fourth-order valence-corrected chi connectivity index (χ4v) is 2.29. The van der Waals surface area contributed by atoms with E-state index in [4.69, 9.17) is 0 Å². The lowest BCUT2D eigenvalue weighted by molar-refractivity contribution is 0.102. The second-order valence-electron chi connectivity index (χ2n) is 4.73. The first kappa shape index (κ1) is 12.5. The van der Waals surface area contributed by atoms with Crippen LogP contribution in [-0.2, 0) is 6.54 Å². The number of fused-ring (bicyclic) bond motifs is 1. The fraction of sp³-hybridized carbons (Fsp3) is 0.188. The summed E-state index contributed by atoms with van der Waals surface area (Å²) in [4.78, 5) is 12.5. The van der Waals surface area contributed by atoms with Crippen molar-refractivity contribution < 1.29 is 4.79 Å². The number of aromatic nitrogens is 3. The predicted octanol–water partition coefficient (Wildman–Crippen LogP) is 3.07. The van der Waals surface area contributed by atoms with E-state index in [1.807, 2.05) is 49.4 Å². The molecule has 0 aliphatic rings. The molecule has 0 amide bonds. The molecule has 0 spiro atoms. The second-order valence-corrected chi connectivity index (χ2v) is 4.73. The first-order chi connectivity index (χ1) is 9.79.